The Morgan fingerprint density at radius 2 is 1.90 bits per heavy atom. The number of nitrogens with zero attached hydrogens (tertiary/aromatic N) is 2. The molecule has 2 aromatic rings. The molecule has 3 rings (SSSR count). The van der Waals surface area contributed by atoms with Crippen LogP contribution in [0.15, 0.2) is 18.2 Å². The van der Waals surface area contributed by atoms with E-state index >= 15 is 0 Å². The molecule has 0 saturated carbocycles. The minimum absolute atomic E-state index is 0.333. The predicted molar refractivity (Wildman–Crippen MR) is 78.2 cm³/mol. The van der Waals surface area contributed by atoms with Gasteiger partial charge in [-0.05, 0) is 32.0 Å². The molecule has 2 N–H and O–H groups in total. The van der Waals surface area contributed by atoms with Crippen LogP contribution in [0, 0.1) is 13.8 Å². The summed E-state index contributed by atoms with van der Waals surface area (Å²) in [6.45, 7) is 4.62. The number of amides is 2. The third-order valence-electron chi connectivity index (χ3n) is 3.86. The first-order valence-electron chi connectivity index (χ1n) is 6.70. The molecule has 2 heterocycles. The third kappa shape index (κ3) is 2.18. The van der Waals surface area contributed by atoms with Gasteiger partial charge in [0.15, 0.2) is 0 Å². The zero-order valence-corrected chi connectivity index (χ0v) is 12.2. The van der Waals surface area contributed by atoms with Gasteiger partial charge in [0.05, 0.1) is 16.8 Å². The zero-order valence-electron chi connectivity index (χ0n) is 12.2. The summed E-state index contributed by atoms with van der Waals surface area (Å²) in [5.41, 5.74) is 4.88. The first-order chi connectivity index (χ1) is 9.97. The normalized spacial score (nSPS) is 13.3. The van der Waals surface area contributed by atoms with Crippen molar-refractivity contribution in [1.82, 2.24) is 15.1 Å². The van der Waals surface area contributed by atoms with Crippen LogP contribution < -0.4 is 10.6 Å². The number of benzene rings is 1. The second-order valence-electron chi connectivity index (χ2n) is 5.17. The molecular formula is C15H16N4O2. The van der Waals surface area contributed by atoms with E-state index in [0.29, 0.717) is 17.7 Å². The topological polar surface area (TPSA) is 76.0 Å². The van der Waals surface area contributed by atoms with Gasteiger partial charge in [-0.3, -0.25) is 19.6 Å². The number of hydrogen-bond donors (Lipinski definition) is 2. The van der Waals surface area contributed by atoms with Gasteiger partial charge in [-0.1, -0.05) is 0 Å². The average Bonchev–Trinajstić information content (AvgIpc) is 2.86. The molecule has 6 heteroatoms. The van der Waals surface area contributed by atoms with Crippen LogP contribution in [-0.2, 0) is 13.6 Å². The van der Waals surface area contributed by atoms with E-state index in [1.54, 1.807) is 18.2 Å². The molecule has 108 valence electrons. The molecule has 0 atom stereocenters. The summed E-state index contributed by atoms with van der Waals surface area (Å²) in [6.07, 6.45) is 0. The van der Waals surface area contributed by atoms with Gasteiger partial charge in [-0.2, -0.15) is 5.10 Å². The van der Waals surface area contributed by atoms with Crippen molar-refractivity contribution in [2.24, 2.45) is 7.05 Å². The molecule has 6 nitrogen and oxygen atoms in total. The Labute approximate surface area is 122 Å². The molecular weight excluding hydrogens is 268 g/mol. The van der Waals surface area contributed by atoms with Gasteiger partial charge in [-0.15, -0.1) is 0 Å². The van der Waals surface area contributed by atoms with E-state index in [4.69, 9.17) is 0 Å². The lowest BCUT2D eigenvalue weighted by Gasteiger charge is -2.08. The fraction of sp³-hybridized carbons (Fsp3) is 0.267. The lowest BCUT2D eigenvalue weighted by atomic mass is 10.1. The van der Waals surface area contributed by atoms with Crippen LogP contribution in [0.1, 0.15) is 37.7 Å². The van der Waals surface area contributed by atoms with Crippen LogP contribution in [0.25, 0.3) is 0 Å². The Bertz CT molecular complexity index is 761. The van der Waals surface area contributed by atoms with Crippen molar-refractivity contribution in [1.29, 1.82) is 0 Å². The van der Waals surface area contributed by atoms with Gasteiger partial charge in [0.2, 0.25) is 0 Å². The van der Waals surface area contributed by atoms with Gasteiger partial charge >= 0.3 is 0 Å². The smallest absolute Gasteiger partial charge is 0.259 e. The standard InChI is InChI=1S/C15H16N4O2/c1-8-13(9(2)19(3)18-8)7-16-10-4-5-11-12(6-10)15(21)17-14(11)20/h4-6,16H,7H2,1-3H3,(H,17,20,21). The fourth-order valence-electron chi connectivity index (χ4n) is 2.54. The van der Waals surface area contributed by atoms with Crippen molar-refractivity contribution in [2.45, 2.75) is 20.4 Å². The van der Waals surface area contributed by atoms with Crippen LogP contribution in [0.4, 0.5) is 5.69 Å². The summed E-state index contributed by atoms with van der Waals surface area (Å²) in [5.74, 6) is -0.673. The molecule has 21 heavy (non-hydrogen) atoms. The summed E-state index contributed by atoms with van der Waals surface area (Å²) >= 11 is 0. The Morgan fingerprint density at radius 3 is 2.57 bits per heavy atom. The number of aromatic nitrogens is 2. The maximum atomic E-state index is 11.6. The van der Waals surface area contributed by atoms with E-state index in [2.05, 4.69) is 15.7 Å². The highest BCUT2D eigenvalue weighted by atomic mass is 16.2. The largest absolute Gasteiger partial charge is 0.381 e. The van der Waals surface area contributed by atoms with Crippen LogP contribution >= 0.6 is 0 Å². The summed E-state index contributed by atoms with van der Waals surface area (Å²) in [4.78, 5) is 23.1. The van der Waals surface area contributed by atoms with Crippen LogP contribution in [0.2, 0.25) is 0 Å². The summed E-state index contributed by atoms with van der Waals surface area (Å²) in [5, 5.41) is 9.93. The van der Waals surface area contributed by atoms with E-state index in [9.17, 15) is 9.59 Å². The first-order valence-corrected chi connectivity index (χ1v) is 6.70. The number of hydrogen-bond acceptors (Lipinski definition) is 4. The summed E-state index contributed by atoms with van der Waals surface area (Å²) in [6, 6.07) is 5.18. The first kappa shape index (κ1) is 13.4. The fourth-order valence-corrected chi connectivity index (χ4v) is 2.54. The number of nitrogens with one attached hydrogen (secondary N) is 2. The van der Waals surface area contributed by atoms with E-state index in [-0.39, 0.29) is 11.8 Å². The molecule has 2 amide bonds. The van der Waals surface area contributed by atoms with Crippen molar-refractivity contribution in [3.05, 3.63) is 46.3 Å². The molecule has 1 aliphatic rings. The van der Waals surface area contributed by atoms with Crippen LogP contribution in [-0.4, -0.2) is 21.6 Å². The molecule has 1 aromatic carbocycles. The number of aryl methyl sites for hydroxylation is 2. The minimum Gasteiger partial charge on any atom is -0.381 e. The van der Waals surface area contributed by atoms with Crippen molar-refractivity contribution >= 4 is 17.5 Å². The molecule has 1 aromatic heterocycles. The van der Waals surface area contributed by atoms with E-state index in [0.717, 1.165) is 22.6 Å². The van der Waals surface area contributed by atoms with Crippen LogP contribution in [0.5, 0.6) is 0 Å². The van der Waals surface area contributed by atoms with Crippen molar-refractivity contribution < 1.29 is 9.59 Å². The molecule has 0 saturated heterocycles. The molecule has 1 aliphatic heterocycles. The maximum absolute atomic E-state index is 11.6. The molecule has 0 bridgehead atoms. The Kier molecular flexibility index (Phi) is 3.01. The Balaban J connectivity index is 1.82. The highest BCUT2D eigenvalue weighted by Gasteiger charge is 2.26. The molecule has 0 spiro atoms. The molecule has 0 radical (unpaired) electrons. The van der Waals surface area contributed by atoms with E-state index in [1.165, 1.54) is 0 Å². The third-order valence-corrected chi connectivity index (χ3v) is 3.86. The Morgan fingerprint density at radius 1 is 1.19 bits per heavy atom. The molecule has 0 aliphatic carbocycles. The number of carbonyl (C=O) groups excluding carboxylic acids is 2. The quantitative estimate of drug-likeness (QED) is 0.838. The lowest BCUT2D eigenvalue weighted by Crippen LogP contribution is -2.19. The van der Waals surface area contributed by atoms with E-state index < -0.39 is 0 Å². The van der Waals surface area contributed by atoms with Gasteiger partial charge in [-0.25, -0.2) is 0 Å². The zero-order chi connectivity index (χ0) is 15.1. The average molecular weight is 284 g/mol. The predicted octanol–water partition coefficient (Wildman–Crippen LogP) is 1.53. The van der Waals surface area contributed by atoms with Crippen molar-refractivity contribution in [2.75, 3.05) is 5.32 Å². The summed E-state index contributed by atoms with van der Waals surface area (Å²) < 4.78 is 1.85. The van der Waals surface area contributed by atoms with Crippen LogP contribution in [0.3, 0.4) is 0 Å². The summed E-state index contributed by atoms with van der Waals surface area (Å²) in [7, 11) is 1.91. The van der Waals surface area contributed by atoms with Crippen molar-refractivity contribution in [3.8, 4) is 0 Å². The lowest BCUT2D eigenvalue weighted by molar-refractivity contribution is 0.0879. The molecule has 0 fully saturated rings. The molecule has 0 unspecified atom stereocenters. The van der Waals surface area contributed by atoms with Crippen molar-refractivity contribution in [3.63, 3.8) is 0 Å². The number of rotatable bonds is 3. The van der Waals surface area contributed by atoms with Gasteiger partial charge in [0.25, 0.3) is 11.8 Å². The number of carbonyl (C=O) groups is 2. The highest BCUT2D eigenvalue weighted by molar-refractivity contribution is 6.21. The number of anilines is 1. The van der Waals surface area contributed by atoms with E-state index in [1.807, 2.05) is 25.6 Å². The Hall–Kier alpha value is -2.63. The van der Waals surface area contributed by atoms with Gasteiger partial charge < -0.3 is 5.32 Å². The number of imide groups is 1. The highest BCUT2D eigenvalue weighted by Crippen LogP contribution is 2.21. The number of fused-ring (bicyclic) bond motifs is 1. The maximum Gasteiger partial charge on any atom is 0.259 e. The second-order valence-corrected chi connectivity index (χ2v) is 5.17. The van der Waals surface area contributed by atoms with Gasteiger partial charge in [0.1, 0.15) is 0 Å². The monoisotopic (exact) mass is 284 g/mol. The SMILES string of the molecule is Cc1nn(C)c(C)c1CNc1ccc2c(c1)C(=O)NC2=O. The minimum atomic E-state index is -0.340. The second kappa shape index (κ2) is 4.73. The van der Waals surface area contributed by atoms with Gasteiger partial charge in [0, 0.05) is 30.5 Å².